The van der Waals surface area contributed by atoms with Crippen LogP contribution in [0.1, 0.15) is 39.1 Å². The molecule has 140 valence electrons. The highest BCUT2D eigenvalue weighted by Crippen LogP contribution is 2.22. The standard InChI is InChI=1S/C21H20FNO4/c1-27-21(26)15-10-12-23(13-11-15)20(25)18-5-3-2-4-17(18)19(24)14-6-8-16(22)9-7-14/h2-9,15H,10-13H2,1H3. The minimum atomic E-state index is -0.426. The topological polar surface area (TPSA) is 63.7 Å². The summed E-state index contributed by atoms with van der Waals surface area (Å²) in [5.74, 6) is -1.46. The van der Waals surface area contributed by atoms with Gasteiger partial charge in [0.1, 0.15) is 5.82 Å². The number of rotatable bonds is 4. The summed E-state index contributed by atoms with van der Waals surface area (Å²) in [5.41, 5.74) is 0.911. The van der Waals surface area contributed by atoms with Crippen molar-refractivity contribution >= 4 is 17.7 Å². The number of carbonyl (C=O) groups excluding carboxylic acids is 3. The van der Waals surface area contributed by atoms with Gasteiger partial charge in [-0.3, -0.25) is 14.4 Å². The molecular weight excluding hydrogens is 349 g/mol. The van der Waals surface area contributed by atoms with Crippen LogP contribution in [0.3, 0.4) is 0 Å². The van der Waals surface area contributed by atoms with Crippen LogP contribution in [-0.4, -0.2) is 42.8 Å². The number of hydrogen-bond acceptors (Lipinski definition) is 4. The summed E-state index contributed by atoms with van der Waals surface area (Å²) in [4.78, 5) is 39.0. The number of amides is 1. The number of halogens is 1. The van der Waals surface area contributed by atoms with Gasteiger partial charge in [-0.15, -0.1) is 0 Å². The predicted octanol–water partition coefficient (Wildman–Crippen LogP) is 3.08. The van der Waals surface area contributed by atoms with Gasteiger partial charge in [0.15, 0.2) is 5.78 Å². The Morgan fingerprint density at radius 2 is 1.56 bits per heavy atom. The third-order valence-corrected chi connectivity index (χ3v) is 4.83. The lowest BCUT2D eigenvalue weighted by molar-refractivity contribution is -0.146. The maximum absolute atomic E-state index is 13.1. The molecule has 0 bridgehead atoms. The smallest absolute Gasteiger partial charge is 0.308 e. The van der Waals surface area contributed by atoms with E-state index in [1.165, 1.54) is 31.4 Å². The van der Waals surface area contributed by atoms with Crippen molar-refractivity contribution in [2.75, 3.05) is 20.2 Å². The molecule has 0 atom stereocenters. The van der Waals surface area contributed by atoms with E-state index in [0.29, 0.717) is 37.1 Å². The van der Waals surface area contributed by atoms with Crippen LogP contribution in [0.2, 0.25) is 0 Å². The van der Waals surface area contributed by atoms with Crippen molar-refractivity contribution in [3.8, 4) is 0 Å². The highest BCUT2D eigenvalue weighted by atomic mass is 19.1. The van der Waals surface area contributed by atoms with Crippen LogP contribution in [0, 0.1) is 11.7 Å². The molecule has 0 aliphatic carbocycles. The second kappa shape index (κ2) is 8.12. The zero-order valence-electron chi connectivity index (χ0n) is 15.0. The van der Waals surface area contributed by atoms with Crippen LogP contribution in [0.15, 0.2) is 48.5 Å². The lowest BCUT2D eigenvalue weighted by Gasteiger charge is -2.31. The van der Waals surface area contributed by atoms with E-state index < -0.39 is 5.82 Å². The van der Waals surface area contributed by atoms with Crippen LogP contribution in [-0.2, 0) is 9.53 Å². The number of piperidine rings is 1. The van der Waals surface area contributed by atoms with Gasteiger partial charge in [-0.2, -0.15) is 0 Å². The van der Waals surface area contributed by atoms with Gasteiger partial charge in [-0.1, -0.05) is 18.2 Å². The van der Waals surface area contributed by atoms with E-state index in [0.717, 1.165) is 0 Å². The molecule has 0 radical (unpaired) electrons. The van der Waals surface area contributed by atoms with E-state index >= 15 is 0 Å². The maximum atomic E-state index is 13.1. The molecule has 3 rings (SSSR count). The number of carbonyl (C=O) groups is 3. The summed E-state index contributed by atoms with van der Waals surface area (Å²) in [5, 5.41) is 0. The number of likely N-dealkylation sites (tertiary alicyclic amines) is 1. The molecule has 0 aromatic heterocycles. The normalized spacial score (nSPS) is 14.7. The molecule has 0 spiro atoms. The third kappa shape index (κ3) is 4.05. The summed E-state index contributed by atoms with van der Waals surface area (Å²) in [6, 6.07) is 11.9. The summed E-state index contributed by atoms with van der Waals surface area (Å²) in [6.07, 6.45) is 1.07. The Morgan fingerprint density at radius 1 is 0.963 bits per heavy atom. The fourth-order valence-corrected chi connectivity index (χ4v) is 3.28. The van der Waals surface area contributed by atoms with E-state index in [2.05, 4.69) is 0 Å². The molecule has 1 saturated heterocycles. The lowest BCUT2D eigenvalue weighted by atomic mass is 9.94. The summed E-state index contributed by atoms with van der Waals surface area (Å²) in [7, 11) is 1.36. The molecule has 2 aromatic carbocycles. The molecule has 27 heavy (non-hydrogen) atoms. The van der Waals surface area contributed by atoms with Gasteiger partial charge in [-0.25, -0.2) is 4.39 Å². The first-order valence-corrected chi connectivity index (χ1v) is 8.77. The van der Waals surface area contributed by atoms with E-state index in [1.807, 2.05) is 0 Å². The fraction of sp³-hybridized carbons (Fsp3) is 0.286. The van der Waals surface area contributed by atoms with Crippen molar-refractivity contribution in [1.29, 1.82) is 0 Å². The van der Waals surface area contributed by atoms with Crippen molar-refractivity contribution < 1.29 is 23.5 Å². The first-order chi connectivity index (χ1) is 13.0. The summed E-state index contributed by atoms with van der Waals surface area (Å²) < 4.78 is 17.9. The molecule has 6 heteroatoms. The van der Waals surface area contributed by atoms with Crippen molar-refractivity contribution in [1.82, 2.24) is 4.90 Å². The highest BCUT2D eigenvalue weighted by Gasteiger charge is 2.29. The SMILES string of the molecule is COC(=O)C1CCN(C(=O)c2ccccc2C(=O)c2ccc(F)cc2)CC1. The maximum Gasteiger partial charge on any atom is 0.308 e. The fourth-order valence-electron chi connectivity index (χ4n) is 3.28. The van der Waals surface area contributed by atoms with Crippen LogP contribution >= 0.6 is 0 Å². The van der Waals surface area contributed by atoms with Gasteiger partial charge in [-0.05, 0) is 43.2 Å². The zero-order valence-corrected chi connectivity index (χ0v) is 15.0. The number of nitrogens with zero attached hydrogens (tertiary/aromatic N) is 1. The van der Waals surface area contributed by atoms with Gasteiger partial charge >= 0.3 is 5.97 Å². The first kappa shape index (κ1) is 18.8. The number of benzene rings is 2. The van der Waals surface area contributed by atoms with Crippen molar-refractivity contribution in [3.05, 3.63) is 71.0 Å². The second-order valence-electron chi connectivity index (χ2n) is 6.47. The molecule has 2 aromatic rings. The molecule has 1 amide bonds. The predicted molar refractivity (Wildman–Crippen MR) is 96.9 cm³/mol. The number of esters is 1. The second-order valence-corrected chi connectivity index (χ2v) is 6.47. The van der Waals surface area contributed by atoms with Crippen molar-refractivity contribution in [2.24, 2.45) is 5.92 Å². The summed E-state index contributed by atoms with van der Waals surface area (Å²) in [6.45, 7) is 0.856. The van der Waals surface area contributed by atoms with Crippen LogP contribution in [0.25, 0.3) is 0 Å². The summed E-state index contributed by atoms with van der Waals surface area (Å²) >= 11 is 0. The molecule has 1 heterocycles. The molecule has 1 fully saturated rings. The van der Waals surface area contributed by atoms with Crippen LogP contribution in [0.4, 0.5) is 4.39 Å². The van der Waals surface area contributed by atoms with Crippen LogP contribution in [0.5, 0.6) is 0 Å². The average molecular weight is 369 g/mol. The monoisotopic (exact) mass is 369 g/mol. The lowest BCUT2D eigenvalue weighted by Crippen LogP contribution is -2.41. The Balaban J connectivity index is 1.79. The minimum absolute atomic E-state index is 0.199. The number of hydrogen-bond donors (Lipinski definition) is 0. The van der Waals surface area contributed by atoms with Gasteiger partial charge < -0.3 is 9.64 Å². The number of ketones is 1. The van der Waals surface area contributed by atoms with Gasteiger partial charge in [0, 0.05) is 24.2 Å². The molecule has 0 saturated carbocycles. The van der Waals surface area contributed by atoms with Gasteiger partial charge in [0.05, 0.1) is 18.6 Å². The molecule has 5 nitrogen and oxygen atoms in total. The van der Waals surface area contributed by atoms with E-state index in [9.17, 15) is 18.8 Å². The number of ether oxygens (including phenoxy) is 1. The Bertz CT molecular complexity index is 855. The Kier molecular flexibility index (Phi) is 5.64. The van der Waals surface area contributed by atoms with Gasteiger partial charge in [0.2, 0.25) is 0 Å². The Morgan fingerprint density at radius 3 is 2.15 bits per heavy atom. The quantitative estimate of drug-likeness (QED) is 0.614. The van der Waals surface area contributed by atoms with E-state index in [1.54, 1.807) is 29.2 Å². The van der Waals surface area contributed by atoms with E-state index in [4.69, 9.17) is 4.74 Å². The van der Waals surface area contributed by atoms with Crippen LogP contribution < -0.4 is 0 Å². The zero-order chi connectivity index (χ0) is 19.4. The molecule has 1 aliphatic rings. The molecule has 0 N–H and O–H groups in total. The Labute approximate surface area is 156 Å². The average Bonchev–Trinajstić information content (AvgIpc) is 2.73. The largest absolute Gasteiger partial charge is 0.469 e. The van der Waals surface area contributed by atoms with Crippen molar-refractivity contribution in [3.63, 3.8) is 0 Å². The first-order valence-electron chi connectivity index (χ1n) is 8.77. The van der Waals surface area contributed by atoms with Gasteiger partial charge in [0.25, 0.3) is 5.91 Å². The molecular formula is C21H20FNO4. The highest BCUT2D eigenvalue weighted by molar-refractivity contribution is 6.15. The third-order valence-electron chi connectivity index (χ3n) is 4.83. The van der Waals surface area contributed by atoms with Crippen molar-refractivity contribution in [2.45, 2.75) is 12.8 Å². The molecule has 1 aliphatic heterocycles. The molecule has 0 unspecified atom stereocenters. The minimum Gasteiger partial charge on any atom is -0.469 e. The Hall–Kier alpha value is -3.02. The number of methoxy groups -OCH3 is 1. The van der Waals surface area contributed by atoms with E-state index in [-0.39, 0.29) is 29.1 Å².